The van der Waals surface area contributed by atoms with Gasteiger partial charge < -0.3 is 88.7 Å². The molecule has 20 atom stereocenters. The van der Waals surface area contributed by atoms with Crippen LogP contribution in [0.1, 0.15) is 388 Å². The molecule has 10 N–H and O–H groups in total. The van der Waals surface area contributed by atoms with Crippen molar-refractivity contribution in [3.63, 3.8) is 0 Å². The van der Waals surface area contributed by atoms with Crippen molar-refractivity contribution in [2.24, 2.45) is 11.8 Å². The number of allylic oxidation sites excluding steroid dienone is 4. The zero-order valence-corrected chi connectivity index (χ0v) is 74.2. The number of esters is 4. The average molecular weight is 1690 g/mol. The minimum atomic E-state index is -5.81. The highest BCUT2D eigenvalue weighted by Gasteiger charge is 2.60. The maximum absolute atomic E-state index is 14.9. The van der Waals surface area contributed by atoms with Crippen LogP contribution in [-0.2, 0) is 70.7 Å². The molecule has 26 heteroatoms. The van der Waals surface area contributed by atoms with Crippen LogP contribution in [-0.4, -0.2) is 205 Å². The van der Waals surface area contributed by atoms with E-state index in [-0.39, 0.29) is 32.1 Å². The van der Waals surface area contributed by atoms with Crippen LogP contribution in [0, 0.1) is 11.8 Å². The Morgan fingerprint density at radius 3 is 1.11 bits per heavy atom. The topological polar surface area (TPSA) is 380 Å². The van der Waals surface area contributed by atoms with Crippen LogP contribution in [0.25, 0.3) is 0 Å². The summed E-state index contributed by atoms with van der Waals surface area (Å²) in [5, 5.41) is 102. The number of unbranched alkanes of at least 4 members (excludes halogenated alkanes) is 38. The van der Waals surface area contributed by atoms with Crippen LogP contribution in [0.5, 0.6) is 0 Å². The van der Waals surface area contributed by atoms with Gasteiger partial charge >= 0.3 is 31.7 Å². The highest BCUT2D eigenvalue weighted by Crippen LogP contribution is 2.49. The Morgan fingerprint density at radius 1 is 0.359 bits per heavy atom. The molecule has 2 heterocycles. The minimum Gasteiger partial charge on any atom is -0.463 e. The smallest absolute Gasteiger partial charge is 0.463 e. The third-order valence-corrected chi connectivity index (χ3v) is 24.2. The zero-order chi connectivity index (χ0) is 85.7. The lowest BCUT2D eigenvalue weighted by atomic mass is 9.84. The van der Waals surface area contributed by atoms with Crippen molar-refractivity contribution in [1.82, 2.24) is 0 Å². The van der Waals surface area contributed by atoms with E-state index in [9.17, 15) is 74.6 Å². The second-order valence-electron chi connectivity index (χ2n) is 34.1. The van der Waals surface area contributed by atoms with E-state index in [0.717, 1.165) is 116 Å². The SMILES string of the molecule is CCCCCCCC/C=C\CCCCCC(=O)OCC1OC(OC2C(OC(=O)CCCCC/C=C\CCCCCCCC)C(O)C(O)C(OC3OC(CO)C(O)C(O)C3O)C2OP(=O)(O)OCC(COC(=O)CCCCCCCCC(C)CCCCCCCC)OC(=O)CCCCCCCCC(C)CCCCCCCC)C(O)C(O)C1O. The average Bonchev–Trinajstić information content (AvgIpc) is 0.753. The molecule has 20 unspecified atom stereocenters. The van der Waals surface area contributed by atoms with Crippen molar-refractivity contribution in [3.05, 3.63) is 24.3 Å². The number of carbonyl (C=O) groups is 4. The normalized spacial score (nSPS) is 25.7. The molecule has 1 saturated carbocycles. The molecular weight excluding hydrogens is 1520 g/mol. The Morgan fingerprint density at radius 2 is 0.692 bits per heavy atom. The molecule has 0 bridgehead atoms. The van der Waals surface area contributed by atoms with E-state index in [1.54, 1.807) is 0 Å². The number of carbonyl (C=O) groups excluding carboxylic acids is 4. The molecule has 0 radical (unpaired) electrons. The lowest BCUT2D eigenvalue weighted by molar-refractivity contribution is -0.360. The van der Waals surface area contributed by atoms with E-state index in [0.29, 0.717) is 50.4 Å². The van der Waals surface area contributed by atoms with Crippen LogP contribution >= 0.6 is 7.82 Å². The molecule has 0 aromatic rings. The van der Waals surface area contributed by atoms with Gasteiger partial charge in [0.05, 0.1) is 13.2 Å². The first kappa shape index (κ1) is 108. The summed E-state index contributed by atoms with van der Waals surface area (Å²) in [6.45, 7) is 10.2. The maximum atomic E-state index is 14.9. The van der Waals surface area contributed by atoms with E-state index in [4.69, 9.17) is 46.9 Å². The quantitative estimate of drug-likeness (QED) is 0.00889. The summed E-state index contributed by atoms with van der Waals surface area (Å²) in [6.07, 6.45) is 24.9. The fraction of sp³-hybridized carbons (Fsp3) is 0.912. The van der Waals surface area contributed by atoms with Gasteiger partial charge in [-0.1, -0.05) is 310 Å². The van der Waals surface area contributed by atoms with Gasteiger partial charge in [0.1, 0.15) is 92.6 Å². The van der Waals surface area contributed by atoms with Gasteiger partial charge in [-0.15, -0.1) is 0 Å². The summed E-state index contributed by atoms with van der Waals surface area (Å²) in [4.78, 5) is 66.5. The molecule has 1 aliphatic carbocycles. The standard InChI is InChI=1S/C91H167O25P/c1-7-11-15-19-23-25-27-29-31-33-35-45-54-62-75(94)108-68-73-79(98)81(100)85(104)91(112-73)115-88-86(113-77(96)64-56-47-36-34-32-30-28-26-24-20-16-12-8-2)82(101)83(102)87(114-90-84(103)80(99)78(97)72(65-92)111-90)89(88)116-117(105,106)109-67-71(110-76(95)63-55-48-40-38-44-52-60-70(6)58-50-42-22-18-14-10-4)66-107-74(93)61-53-46-39-37-43-51-59-69(5)57-49-41-21-17-13-9-3/h29-32,69-73,78-92,97-104H,7-28,33-68H2,1-6H3,(H,105,106)/b31-29-,32-30-. The van der Waals surface area contributed by atoms with E-state index >= 15 is 0 Å². The summed E-state index contributed by atoms with van der Waals surface area (Å²) in [5.41, 5.74) is 0. The van der Waals surface area contributed by atoms with Crippen molar-refractivity contribution < 1.29 is 122 Å². The van der Waals surface area contributed by atoms with Crippen LogP contribution in [0.15, 0.2) is 24.3 Å². The van der Waals surface area contributed by atoms with Gasteiger partial charge in [-0.2, -0.15) is 0 Å². The Hall–Kier alpha value is -3.05. The molecule has 686 valence electrons. The molecule has 25 nitrogen and oxygen atoms in total. The van der Waals surface area contributed by atoms with Gasteiger partial charge in [-0.3, -0.25) is 28.2 Å². The first-order valence-electron chi connectivity index (χ1n) is 46.9. The highest BCUT2D eigenvalue weighted by molar-refractivity contribution is 7.47. The first-order chi connectivity index (χ1) is 56.5. The minimum absolute atomic E-state index is 0.00808. The van der Waals surface area contributed by atoms with Crippen LogP contribution in [0.3, 0.4) is 0 Å². The van der Waals surface area contributed by atoms with Gasteiger partial charge in [-0.05, 0) is 88.9 Å². The molecule has 2 aliphatic heterocycles. The third kappa shape index (κ3) is 49.3. The molecule has 3 fully saturated rings. The molecule has 0 spiro atoms. The fourth-order valence-corrected chi connectivity index (χ4v) is 16.5. The van der Waals surface area contributed by atoms with E-state index in [1.165, 1.54) is 161 Å². The fourth-order valence-electron chi connectivity index (χ4n) is 15.6. The first-order valence-corrected chi connectivity index (χ1v) is 48.3. The highest BCUT2D eigenvalue weighted by atomic mass is 31.2. The van der Waals surface area contributed by atoms with Gasteiger partial charge in [0.15, 0.2) is 24.8 Å². The molecule has 117 heavy (non-hydrogen) atoms. The van der Waals surface area contributed by atoms with Crippen molar-refractivity contribution in [2.75, 3.05) is 26.4 Å². The van der Waals surface area contributed by atoms with E-state index in [1.807, 2.05) is 0 Å². The summed E-state index contributed by atoms with van der Waals surface area (Å²) >= 11 is 0. The molecular formula is C91H167O25P. The number of hydrogen-bond acceptors (Lipinski definition) is 24. The van der Waals surface area contributed by atoms with Crippen molar-refractivity contribution in [2.45, 2.75) is 492 Å². The van der Waals surface area contributed by atoms with Crippen molar-refractivity contribution in [3.8, 4) is 0 Å². The van der Waals surface area contributed by atoms with Gasteiger partial charge in [0.2, 0.25) is 0 Å². The van der Waals surface area contributed by atoms with Gasteiger partial charge in [0, 0.05) is 25.7 Å². The number of phosphoric acid groups is 1. The Kier molecular flexibility index (Phi) is 63.1. The molecule has 0 amide bonds. The third-order valence-electron chi connectivity index (χ3n) is 23.2. The monoisotopic (exact) mass is 1690 g/mol. The molecule has 0 aromatic heterocycles. The number of phosphoric ester groups is 1. The molecule has 0 aromatic carbocycles. The van der Waals surface area contributed by atoms with Crippen LogP contribution in [0.4, 0.5) is 0 Å². The van der Waals surface area contributed by atoms with Crippen LogP contribution in [0.2, 0.25) is 0 Å². The van der Waals surface area contributed by atoms with Gasteiger partial charge in [-0.25, -0.2) is 4.57 Å². The molecule has 3 rings (SSSR count). The van der Waals surface area contributed by atoms with Gasteiger partial charge in [0.25, 0.3) is 0 Å². The summed E-state index contributed by atoms with van der Waals surface area (Å²) in [5.74, 6) is -1.65. The van der Waals surface area contributed by atoms with E-state index < -0.39 is 162 Å². The van der Waals surface area contributed by atoms with Crippen molar-refractivity contribution >= 4 is 31.7 Å². The summed E-state index contributed by atoms with van der Waals surface area (Å²) < 4.78 is 73.4. The van der Waals surface area contributed by atoms with Crippen molar-refractivity contribution in [1.29, 1.82) is 0 Å². The maximum Gasteiger partial charge on any atom is 0.472 e. The Labute approximate surface area is 704 Å². The molecule has 3 aliphatic rings. The predicted octanol–water partition coefficient (Wildman–Crippen LogP) is 17.0. The number of ether oxygens (including phenoxy) is 8. The summed E-state index contributed by atoms with van der Waals surface area (Å²) in [7, 11) is -5.81. The number of aliphatic hydroxyl groups is 9. The predicted molar refractivity (Wildman–Crippen MR) is 453 cm³/mol. The largest absolute Gasteiger partial charge is 0.472 e. The zero-order valence-electron chi connectivity index (χ0n) is 73.3. The summed E-state index contributed by atoms with van der Waals surface area (Å²) in [6, 6.07) is 0. The lowest BCUT2D eigenvalue weighted by Gasteiger charge is -2.50. The van der Waals surface area contributed by atoms with E-state index in [2.05, 4.69) is 65.8 Å². The number of hydrogen-bond donors (Lipinski definition) is 10. The Bertz CT molecular complexity index is 2570. The number of aliphatic hydroxyl groups excluding tert-OH is 9. The second kappa shape index (κ2) is 68.3. The lowest BCUT2D eigenvalue weighted by Crippen LogP contribution is -2.70. The van der Waals surface area contributed by atoms with Crippen LogP contribution < -0.4 is 0 Å². The Balaban J connectivity index is 1.94. The molecule has 2 saturated heterocycles. The number of rotatable bonds is 74. The second-order valence-corrected chi connectivity index (χ2v) is 35.5.